The molecule has 0 aliphatic heterocycles. The number of hydrogen-bond donors (Lipinski definition) is 2. The van der Waals surface area contributed by atoms with Gasteiger partial charge in [0.2, 0.25) is 0 Å². The van der Waals surface area contributed by atoms with Crippen molar-refractivity contribution in [3.8, 4) is 5.75 Å². The number of hydrogen-bond acceptors (Lipinski definition) is 5. The van der Waals surface area contributed by atoms with Crippen LogP contribution in [-0.2, 0) is 17.5 Å². The van der Waals surface area contributed by atoms with Crippen LogP contribution < -0.4 is 26.6 Å². The summed E-state index contributed by atoms with van der Waals surface area (Å²) in [4.78, 5) is 40.9. The highest BCUT2D eigenvalue weighted by Crippen LogP contribution is 2.31. The Balaban J connectivity index is 2.35. The first-order valence-corrected chi connectivity index (χ1v) is 10.2. The van der Waals surface area contributed by atoms with Crippen LogP contribution in [0.1, 0.15) is 39.2 Å². The molecule has 1 amide bonds. The predicted octanol–water partition coefficient (Wildman–Crippen LogP) is 3.01. The molecule has 0 saturated heterocycles. The van der Waals surface area contributed by atoms with Crippen LogP contribution in [0, 0.1) is 5.92 Å². The maximum atomic E-state index is 12.9. The van der Waals surface area contributed by atoms with Crippen LogP contribution in [0.5, 0.6) is 5.75 Å². The van der Waals surface area contributed by atoms with E-state index < -0.39 is 35.5 Å². The van der Waals surface area contributed by atoms with Crippen LogP contribution >= 0.6 is 0 Å². The minimum atomic E-state index is -4.55. The van der Waals surface area contributed by atoms with Gasteiger partial charge in [0.05, 0.1) is 5.56 Å². The molecule has 0 aliphatic carbocycles. The average Bonchev–Trinajstić information content (AvgIpc) is 2.71. The summed E-state index contributed by atoms with van der Waals surface area (Å²) in [6, 6.07) is 4.14. The third-order valence-electron chi connectivity index (χ3n) is 4.59. The molecule has 2 rings (SSSR count). The van der Waals surface area contributed by atoms with Gasteiger partial charge in [-0.2, -0.15) is 13.2 Å². The van der Waals surface area contributed by atoms with E-state index in [0.717, 1.165) is 17.0 Å². The quantitative estimate of drug-likeness (QED) is 0.603. The normalized spacial score (nSPS) is 11.6. The van der Waals surface area contributed by atoms with Crippen molar-refractivity contribution in [3.05, 3.63) is 50.7 Å². The molecule has 0 bridgehead atoms. The summed E-state index contributed by atoms with van der Waals surface area (Å²) in [7, 11) is 0. The summed E-state index contributed by atoms with van der Waals surface area (Å²) in [6.07, 6.45) is -3.33. The van der Waals surface area contributed by atoms with Crippen LogP contribution in [0.3, 0.4) is 0 Å². The number of carbonyl (C=O) groups is 1. The molecule has 1 aromatic heterocycles. The zero-order valence-electron chi connectivity index (χ0n) is 18.2. The molecule has 11 heteroatoms. The number of carbonyl (C=O) groups excluding carboxylic acids is 1. The van der Waals surface area contributed by atoms with Gasteiger partial charge in [-0.25, -0.2) is 4.79 Å². The van der Waals surface area contributed by atoms with Gasteiger partial charge in [0.25, 0.3) is 11.5 Å². The Bertz CT molecular complexity index is 1060. The fourth-order valence-corrected chi connectivity index (χ4v) is 3.05. The van der Waals surface area contributed by atoms with E-state index in [1.54, 1.807) is 0 Å². The first-order valence-electron chi connectivity index (χ1n) is 10.2. The van der Waals surface area contributed by atoms with Crippen molar-refractivity contribution in [3.63, 3.8) is 0 Å². The Morgan fingerprint density at radius 2 is 1.97 bits per heavy atom. The Hall–Kier alpha value is -3.24. The van der Waals surface area contributed by atoms with Crippen molar-refractivity contribution in [2.45, 2.75) is 46.3 Å². The molecule has 0 saturated carbocycles. The minimum absolute atomic E-state index is 0.0396. The number of alkyl halides is 3. The molecule has 1 heterocycles. The van der Waals surface area contributed by atoms with Gasteiger partial charge in [-0.05, 0) is 30.5 Å². The lowest BCUT2D eigenvalue weighted by Gasteiger charge is -2.25. The first kappa shape index (κ1) is 25.0. The number of benzene rings is 1. The second-order valence-electron chi connectivity index (χ2n) is 7.71. The second-order valence-corrected chi connectivity index (χ2v) is 7.71. The van der Waals surface area contributed by atoms with Gasteiger partial charge in [0.1, 0.15) is 11.6 Å². The van der Waals surface area contributed by atoms with Crippen molar-refractivity contribution < 1.29 is 22.7 Å². The Morgan fingerprint density at radius 1 is 1.28 bits per heavy atom. The molecule has 0 atom stereocenters. The number of rotatable bonds is 9. The number of nitrogens with two attached hydrogens (primary N) is 1. The van der Waals surface area contributed by atoms with Gasteiger partial charge in [0.15, 0.2) is 12.3 Å². The number of nitrogens with one attached hydrogen (secondary N) is 1. The van der Waals surface area contributed by atoms with Gasteiger partial charge in [0, 0.05) is 13.1 Å². The highest BCUT2D eigenvalue weighted by atomic mass is 19.4. The van der Waals surface area contributed by atoms with Crippen molar-refractivity contribution in [2.24, 2.45) is 5.92 Å². The van der Waals surface area contributed by atoms with Crippen LogP contribution in [0.2, 0.25) is 0 Å². The fourth-order valence-electron chi connectivity index (χ4n) is 3.05. The summed E-state index contributed by atoms with van der Waals surface area (Å²) in [5.41, 5.74) is 3.50. The lowest BCUT2D eigenvalue weighted by molar-refractivity contribution is -0.137. The molecular formula is C21H27F3N4O4. The number of nitrogens with zero attached hydrogens (tertiary/aromatic N) is 2. The molecule has 3 N–H and O–H groups in total. The largest absolute Gasteiger partial charge is 0.484 e. The first-order chi connectivity index (χ1) is 15.0. The van der Waals surface area contributed by atoms with E-state index >= 15 is 0 Å². The van der Waals surface area contributed by atoms with Crippen molar-refractivity contribution in [1.29, 1.82) is 0 Å². The van der Waals surface area contributed by atoms with Gasteiger partial charge < -0.3 is 15.4 Å². The van der Waals surface area contributed by atoms with Gasteiger partial charge in [-0.1, -0.05) is 33.3 Å². The summed E-state index contributed by atoms with van der Waals surface area (Å²) >= 11 is 0. The third kappa shape index (κ3) is 6.14. The van der Waals surface area contributed by atoms with Crippen molar-refractivity contribution in [1.82, 2.24) is 9.55 Å². The zero-order valence-corrected chi connectivity index (χ0v) is 18.2. The molecule has 2 aromatic rings. The molecule has 0 unspecified atom stereocenters. The lowest BCUT2D eigenvalue weighted by Crippen LogP contribution is -2.43. The maximum absolute atomic E-state index is 12.9. The molecule has 176 valence electrons. The summed E-state index contributed by atoms with van der Waals surface area (Å²) in [5.74, 6) is -0.938. The molecule has 0 fully saturated rings. The Kier molecular flexibility index (Phi) is 8.12. The van der Waals surface area contributed by atoms with Crippen LogP contribution in [-0.4, -0.2) is 28.6 Å². The molecule has 0 radical (unpaired) electrons. The van der Waals surface area contributed by atoms with E-state index in [1.807, 2.05) is 20.8 Å². The number of H-pyrrole nitrogens is 1. The summed E-state index contributed by atoms with van der Waals surface area (Å²) in [6.45, 7) is 5.33. The maximum Gasteiger partial charge on any atom is 0.416 e. The van der Waals surface area contributed by atoms with Crippen molar-refractivity contribution >= 4 is 17.4 Å². The Labute approximate surface area is 182 Å². The van der Waals surface area contributed by atoms with E-state index in [4.69, 9.17) is 10.5 Å². The number of aromatic amines is 1. The minimum Gasteiger partial charge on any atom is -0.484 e. The van der Waals surface area contributed by atoms with Crippen LogP contribution in [0.15, 0.2) is 33.9 Å². The SMILES string of the molecule is CCCCN(C(=O)COc1cccc(C(F)(F)F)c1)c1c(N)n(CC(C)C)c(=O)[nH]c1=O. The number of ether oxygens (including phenoxy) is 1. The molecule has 32 heavy (non-hydrogen) atoms. The lowest BCUT2D eigenvalue weighted by atomic mass is 10.2. The molecule has 8 nitrogen and oxygen atoms in total. The van der Waals surface area contributed by atoms with Gasteiger partial charge in [-0.15, -0.1) is 0 Å². The molecule has 1 aromatic carbocycles. The molecule has 0 aliphatic rings. The Morgan fingerprint density at radius 3 is 2.56 bits per heavy atom. The van der Waals surface area contributed by atoms with Gasteiger partial charge in [-0.3, -0.25) is 19.1 Å². The van der Waals surface area contributed by atoms with E-state index in [2.05, 4.69) is 4.98 Å². The van der Waals surface area contributed by atoms with Crippen LogP contribution in [0.4, 0.5) is 24.7 Å². The zero-order chi connectivity index (χ0) is 24.1. The van der Waals surface area contributed by atoms with E-state index in [9.17, 15) is 27.6 Å². The standard InChI is InChI=1S/C21H27F3N4O4/c1-4-5-9-27(17-18(25)28(11-13(2)3)20(31)26-19(17)30)16(29)12-32-15-8-6-7-14(10-15)21(22,23)24/h6-8,10,13H,4-5,9,11-12,25H2,1-3H3,(H,26,30,31). The predicted molar refractivity (Wildman–Crippen MR) is 115 cm³/mol. The number of unbranched alkanes of at least 4 members (excludes halogenated alkanes) is 1. The van der Waals surface area contributed by atoms with E-state index in [-0.39, 0.29) is 36.3 Å². The van der Waals surface area contributed by atoms with E-state index in [0.29, 0.717) is 12.8 Å². The number of amides is 1. The topological polar surface area (TPSA) is 110 Å². The third-order valence-corrected chi connectivity index (χ3v) is 4.59. The van der Waals surface area contributed by atoms with E-state index in [1.165, 1.54) is 16.7 Å². The number of anilines is 2. The highest BCUT2D eigenvalue weighted by molar-refractivity contribution is 5.96. The smallest absolute Gasteiger partial charge is 0.416 e. The number of aromatic nitrogens is 2. The number of halogens is 3. The summed E-state index contributed by atoms with van der Waals surface area (Å²) < 4.78 is 45.1. The average molecular weight is 456 g/mol. The number of nitrogen functional groups attached to an aromatic ring is 1. The highest BCUT2D eigenvalue weighted by Gasteiger charge is 2.31. The van der Waals surface area contributed by atoms with Gasteiger partial charge >= 0.3 is 11.9 Å². The molecule has 0 spiro atoms. The fraction of sp³-hybridized carbons (Fsp3) is 0.476. The van der Waals surface area contributed by atoms with Crippen molar-refractivity contribution in [2.75, 3.05) is 23.8 Å². The monoisotopic (exact) mass is 456 g/mol. The van der Waals surface area contributed by atoms with Crippen LogP contribution in [0.25, 0.3) is 0 Å². The second kappa shape index (κ2) is 10.4. The summed E-state index contributed by atoms with van der Waals surface area (Å²) in [5, 5.41) is 0. The molecular weight excluding hydrogens is 429 g/mol.